The van der Waals surface area contributed by atoms with E-state index in [1.54, 1.807) is 6.92 Å². The van der Waals surface area contributed by atoms with Crippen molar-refractivity contribution in [3.05, 3.63) is 0 Å². The Bertz CT molecular complexity index is 211. The molecule has 0 aliphatic heterocycles. The molecule has 0 aromatic rings. The summed E-state index contributed by atoms with van der Waals surface area (Å²) in [6.07, 6.45) is -3.08. The van der Waals surface area contributed by atoms with Crippen LogP contribution in [-0.2, 0) is 0 Å². The molecule has 0 aromatic heterocycles. The maximum Gasteiger partial charge on any atom is 0.263 e. The van der Waals surface area contributed by atoms with Gasteiger partial charge in [-0.15, -0.1) is 0 Å². The molecule has 1 atom stereocenters. The van der Waals surface area contributed by atoms with Crippen LogP contribution in [0.25, 0.3) is 0 Å². The first-order valence-corrected chi connectivity index (χ1v) is 5.22. The summed E-state index contributed by atoms with van der Waals surface area (Å²) in [5, 5.41) is 0. The minimum atomic E-state index is -3.38. The molecule has 15 heavy (non-hydrogen) atoms. The lowest BCUT2D eigenvalue weighted by Gasteiger charge is -2.45. The van der Waals surface area contributed by atoms with Crippen molar-refractivity contribution < 1.29 is 17.6 Å². The summed E-state index contributed by atoms with van der Waals surface area (Å²) in [6, 6.07) is 0. The highest BCUT2D eigenvalue weighted by Crippen LogP contribution is 2.54. The van der Waals surface area contributed by atoms with Gasteiger partial charge in [0.05, 0.1) is 5.41 Å². The molecule has 0 radical (unpaired) electrons. The average molecular weight is 228 g/mol. The number of alkyl halides is 4. The molecule has 0 aliphatic rings. The van der Waals surface area contributed by atoms with Crippen LogP contribution in [0.5, 0.6) is 0 Å². The molecule has 0 heterocycles. The molecule has 0 nitrogen and oxygen atoms in total. The number of rotatable bonds is 5. The summed E-state index contributed by atoms with van der Waals surface area (Å²) < 4.78 is 53.6. The standard InChI is InChI=1S/C11H20F4/c1-6-9(3,4)11(14,15)10(5,7-2)8(12)13/h8H,6-7H2,1-5H3. The number of hydrogen-bond donors (Lipinski definition) is 0. The first-order valence-electron chi connectivity index (χ1n) is 5.22. The summed E-state index contributed by atoms with van der Waals surface area (Å²) in [4.78, 5) is 0. The Hall–Kier alpha value is -0.280. The predicted molar refractivity (Wildman–Crippen MR) is 53.4 cm³/mol. The van der Waals surface area contributed by atoms with E-state index in [4.69, 9.17) is 0 Å². The summed E-state index contributed by atoms with van der Waals surface area (Å²) in [6.45, 7) is 6.61. The summed E-state index contributed by atoms with van der Waals surface area (Å²) in [5.41, 5.74) is -3.65. The minimum Gasteiger partial charge on any atom is -0.210 e. The van der Waals surface area contributed by atoms with E-state index in [-0.39, 0.29) is 12.8 Å². The van der Waals surface area contributed by atoms with Crippen molar-refractivity contribution in [1.82, 2.24) is 0 Å². The Morgan fingerprint density at radius 3 is 1.53 bits per heavy atom. The molecule has 0 rings (SSSR count). The van der Waals surface area contributed by atoms with Crippen LogP contribution in [0, 0.1) is 10.8 Å². The highest BCUT2D eigenvalue weighted by atomic mass is 19.3. The molecule has 4 heteroatoms. The molecule has 0 aromatic carbocycles. The monoisotopic (exact) mass is 228 g/mol. The van der Waals surface area contributed by atoms with Gasteiger partial charge in [-0.2, -0.15) is 0 Å². The van der Waals surface area contributed by atoms with Gasteiger partial charge in [-0.05, 0) is 19.8 Å². The van der Waals surface area contributed by atoms with Gasteiger partial charge in [0, 0.05) is 5.41 Å². The van der Waals surface area contributed by atoms with Gasteiger partial charge in [0.1, 0.15) is 0 Å². The first-order chi connectivity index (χ1) is 6.56. The normalized spacial score (nSPS) is 18.0. The van der Waals surface area contributed by atoms with Crippen molar-refractivity contribution in [3.63, 3.8) is 0 Å². The average Bonchev–Trinajstić information content (AvgIpc) is 2.15. The highest BCUT2D eigenvalue weighted by Gasteiger charge is 2.62. The fourth-order valence-electron chi connectivity index (χ4n) is 1.51. The van der Waals surface area contributed by atoms with Crippen LogP contribution in [0.15, 0.2) is 0 Å². The third-order valence-electron chi connectivity index (χ3n) is 3.67. The zero-order valence-electron chi connectivity index (χ0n) is 10.0. The fraction of sp³-hybridized carbons (Fsp3) is 1.00. The maximum absolute atomic E-state index is 14.0. The van der Waals surface area contributed by atoms with E-state index in [1.807, 2.05) is 0 Å². The lowest BCUT2D eigenvalue weighted by Crippen LogP contribution is -2.53. The second kappa shape index (κ2) is 4.30. The number of hydrogen-bond acceptors (Lipinski definition) is 0. The van der Waals surface area contributed by atoms with Gasteiger partial charge in [0.25, 0.3) is 5.92 Å². The van der Waals surface area contributed by atoms with Gasteiger partial charge in [-0.1, -0.05) is 27.7 Å². The lowest BCUT2D eigenvalue weighted by molar-refractivity contribution is -0.236. The minimum absolute atomic E-state index is 0.169. The van der Waals surface area contributed by atoms with E-state index in [1.165, 1.54) is 20.8 Å². The van der Waals surface area contributed by atoms with Gasteiger partial charge in [-0.3, -0.25) is 0 Å². The second-order valence-corrected chi connectivity index (χ2v) is 4.88. The van der Waals surface area contributed by atoms with Crippen molar-refractivity contribution in [2.45, 2.75) is 59.8 Å². The molecular formula is C11H20F4. The highest BCUT2D eigenvalue weighted by molar-refractivity contribution is 4.98. The summed E-state index contributed by atoms with van der Waals surface area (Å²) >= 11 is 0. The van der Waals surface area contributed by atoms with Crippen molar-refractivity contribution in [2.24, 2.45) is 10.8 Å². The molecule has 0 bridgehead atoms. The van der Waals surface area contributed by atoms with E-state index >= 15 is 0 Å². The van der Waals surface area contributed by atoms with E-state index in [0.717, 1.165) is 6.92 Å². The summed E-state index contributed by atoms with van der Waals surface area (Å²) in [7, 11) is 0. The third kappa shape index (κ3) is 2.13. The van der Waals surface area contributed by atoms with Gasteiger partial charge in [0.2, 0.25) is 6.43 Å². The van der Waals surface area contributed by atoms with Crippen LogP contribution in [-0.4, -0.2) is 12.3 Å². The lowest BCUT2D eigenvalue weighted by atomic mass is 9.67. The van der Waals surface area contributed by atoms with Gasteiger partial charge < -0.3 is 0 Å². The smallest absolute Gasteiger partial charge is 0.210 e. The molecule has 0 saturated carbocycles. The fourth-order valence-corrected chi connectivity index (χ4v) is 1.51. The first kappa shape index (κ1) is 14.7. The third-order valence-corrected chi connectivity index (χ3v) is 3.67. The van der Waals surface area contributed by atoms with Crippen LogP contribution in [0.3, 0.4) is 0 Å². The van der Waals surface area contributed by atoms with Crippen molar-refractivity contribution in [3.8, 4) is 0 Å². The summed E-state index contributed by atoms with van der Waals surface area (Å²) in [5.74, 6) is -3.38. The van der Waals surface area contributed by atoms with Gasteiger partial charge >= 0.3 is 0 Å². The van der Waals surface area contributed by atoms with Gasteiger partial charge in [-0.25, -0.2) is 17.6 Å². The van der Waals surface area contributed by atoms with Crippen LogP contribution in [0.2, 0.25) is 0 Å². The Kier molecular flexibility index (Phi) is 4.22. The second-order valence-electron chi connectivity index (χ2n) is 4.88. The molecular weight excluding hydrogens is 208 g/mol. The maximum atomic E-state index is 14.0. The Morgan fingerprint density at radius 2 is 1.33 bits per heavy atom. The molecule has 1 unspecified atom stereocenters. The Morgan fingerprint density at radius 1 is 0.933 bits per heavy atom. The van der Waals surface area contributed by atoms with Crippen LogP contribution in [0.4, 0.5) is 17.6 Å². The molecule has 0 fully saturated rings. The van der Waals surface area contributed by atoms with Crippen LogP contribution < -0.4 is 0 Å². The van der Waals surface area contributed by atoms with Crippen LogP contribution in [0.1, 0.15) is 47.5 Å². The zero-order valence-corrected chi connectivity index (χ0v) is 10.0. The topological polar surface area (TPSA) is 0 Å². The molecule has 0 aliphatic carbocycles. The largest absolute Gasteiger partial charge is 0.263 e. The zero-order chi connectivity index (χ0) is 12.5. The number of halogens is 4. The molecule has 0 amide bonds. The van der Waals surface area contributed by atoms with Gasteiger partial charge in [0.15, 0.2) is 0 Å². The Labute approximate surface area is 89.1 Å². The molecule has 0 N–H and O–H groups in total. The van der Waals surface area contributed by atoms with Crippen molar-refractivity contribution in [1.29, 1.82) is 0 Å². The Balaban J connectivity index is 5.32. The van der Waals surface area contributed by atoms with E-state index < -0.39 is 23.2 Å². The van der Waals surface area contributed by atoms with Crippen molar-refractivity contribution in [2.75, 3.05) is 0 Å². The molecule has 0 saturated heterocycles. The SMILES string of the molecule is CCC(C)(C)C(F)(F)C(C)(CC)C(F)F. The van der Waals surface area contributed by atoms with E-state index in [2.05, 4.69) is 0 Å². The van der Waals surface area contributed by atoms with E-state index in [0.29, 0.717) is 0 Å². The predicted octanol–water partition coefficient (Wildman–Crippen LogP) is 4.74. The van der Waals surface area contributed by atoms with Crippen LogP contribution >= 0.6 is 0 Å². The molecule has 0 spiro atoms. The van der Waals surface area contributed by atoms with Crippen molar-refractivity contribution >= 4 is 0 Å². The molecule has 92 valence electrons. The quantitative estimate of drug-likeness (QED) is 0.596. The van der Waals surface area contributed by atoms with E-state index in [9.17, 15) is 17.6 Å².